The van der Waals surface area contributed by atoms with Gasteiger partial charge in [0.05, 0.1) is 0 Å². The molecule has 90 valence electrons. The summed E-state index contributed by atoms with van der Waals surface area (Å²) in [7, 11) is 0. The minimum Gasteiger partial charge on any atom is -0.470 e. The van der Waals surface area contributed by atoms with E-state index in [0.29, 0.717) is 17.6 Å². The zero-order chi connectivity index (χ0) is 12.4. The molecule has 18 heavy (non-hydrogen) atoms. The summed E-state index contributed by atoms with van der Waals surface area (Å²) in [6, 6.07) is 11.7. The Kier molecular flexibility index (Phi) is 2.86. The molecule has 0 spiro atoms. The number of halogens is 1. The van der Waals surface area contributed by atoms with Crippen molar-refractivity contribution >= 4 is 22.6 Å². The molecule has 0 bridgehead atoms. The first-order chi connectivity index (χ1) is 8.83. The highest BCUT2D eigenvalue weighted by Crippen LogP contribution is 2.22. The van der Waals surface area contributed by atoms with E-state index < -0.39 is 0 Å². The van der Waals surface area contributed by atoms with E-state index in [4.69, 9.17) is 16.3 Å². The lowest BCUT2D eigenvalue weighted by Crippen LogP contribution is -2.03. The summed E-state index contributed by atoms with van der Waals surface area (Å²) in [5.74, 6) is 0.502. The Morgan fingerprint density at radius 3 is 2.94 bits per heavy atom. The normalized spacial score (nSPS) is 10.7. The van der Waals surface area contributed by atoms with Gasteiger partial charge in [-0.15, -0.1) is 0 Å². The lowest BCUT2D eigenvalue weighted by molar-refractivity contribution is -0.345. The number of pyridine rings is 1. The van der Waals surface area contributed by atoms with Crippen LogP contribution >= 0.6 is 11.6 Å². The van der Waals surface area contributed by atoms with Gasteiger partial charge in [0.15, 0.2) is 5.52 Å². The van der Waals surface area contributed by atoms with E-state index in [9.17, 15) is 0 Å². The highest BCUT2D eigenvalue weighted by atomic mass is 35.5. The van der Waals surface area contributed by atoms with Crippen LogP contribution in [-0.4, -0.2) is 9.97 Å². The van der Waals surface area contributed by atoms with Gasteiger partial charge in [-0.3, -0.25) is 0 Å². The third-order valence-electron chi connectivity index (χ3n) is 2.62. The van der Waals surface area contributed by atoms with Crippen molar-refractivity contribution in [1.29, 1.82) is 0 Å². The zero-order valence-electron chi connectivity index (χ0n) is 9.48. The summed E-state index contributed by atoms with van der Waals surface area (Å²) < 4.78 is 5.70. The Labute approximate surface area is 109 Å². The molecule has 3 rings (SSSR count). The highest BCUT2D eigenvalue weighted by Gasteiger charge is 2.13. The van der Waals surface area contributed by atoms with Crippen LogP contribution < -0.4 is 9.72 Å². The van der Waals surface area contributed by atoms with E-state index in [-0.39, 0.29) is 0 Å². The maximum absolute atomic E-state index is 5.94. The number of nitrogens with zero attached hydrogens (tertiary/aromatic N) is 1. The van der Waals surface area contributed by atoms with Crippen LogP contribution in [0.5, 0.6) is 5.88 Å². The summed E-state index contributed by atoms with van der Waals surface area (Å²) in [4.78, 5) is 10.3. The van der Waals surface area contributed by atoms with Crippen molar-refractivity contribution in [3.63, 3.8) is 0 Å². The third-order valence-corrected chi connectivity index (χ3v) is 2.81. The molecule has 1 aromatic carbocycles. The van der Waals surface area contributed by atoms with Gasteiger partial charge in [-0.25, -0.2) is 9.97 Å². The van der Waals surface area contributed by atoms with Crippen molar-refractivity contribution in [1.82, 2.24) is 9.97 Å². The first kappa shape index (κ1) is 11.0. The van der Waals surface area contributed by atoms with E-state index in [2.05, 4.69) is 15.0 Å². The second-order valence-electron chi connectivity index (χ2n) is 3.88. The molecule has 0 fully saturated rings. The van der Waals surface area contributed by atoms with Gasteiger partial charge in [-0.1, -0.05) is 41.9 Å². The maximum atomic E-state index is 5.94. The molecule has 0 aliphatic carbocycles. The van der Waals surface area contributed by atoms with Gasteiger partial charge in [0, 0.05) is 6.07 Å². The molecular weight excluding hydrogens is 250 g/mol. The first-order valence-corrected chi connectivity index (χ1v) is 5.93. The van der Waals surface area contributed by atoms with E-state index in [1.807, 2.05) is 30.3 Å². The van der Waals surface area contributed by atoms with Crippen LogP contribution in [0.2, 0.25) is 5.15 Å². The SMILES string of the molecule is Clc1cc2[nH]c[nH+]c2c(OCc2ccccc2)n1. The number of rotatable bonds is 3. The fourth-order valence-electron chi connectivity index (χ4n) is 1.76. The van der Waals surface area contributed by atoms with Gasteiger partial charge in [0.1, 0.15) is 11.8 Å². The fraction of sp³-hybridized carbons (Fsp3) is 0.0769. The maximum Gasteiger partial charge on any atom is 0.268 e. The Hall–Kier alpha value is -2.07. The van der Waals surface area contributed by atoms with Crippen molar-refractivity contribution in [2.75, 3.05) is 0 Å². The van der Waals surface area contributed by atoms with Crippen LogP contribution in [0.15, 0.2) is 42.7 Å². The van der Waals surface area contributed by atoms with Crippen molar-refractivity contribution < 1.29 is 9.72 Å². The molecule has 3 aromatic rings. The van der Waals surface area contributed by atoms with E-state index in [1.54, 1.807) is 12.4 Å². The molecule has 4 nitrogen and oxygen atoms in total. The lowest BCUT2D eigenvalue weighted by atomic mass is 10.2. The van der Waals surface area contributed by atoms with Crippen LogP contribution in [0.3, 0.4) is 0 Å². The van der Waals surface area contributed by atoms with Gasteiger partial charge >= 0.3 is 0 Å². The number of hydrogen-bond donors (Lipinski definition) is 1. The number of hydrogen-bond acceptors (Lipinski definition) is 2. The van der Waals surface area contributed by atoms with E-state index in [0.717, 1.165) is 16.6 Å². The van der Waals surface area contributed by atoms with Gasteiger partial charge in [-0.05, 0) is 5.56 Å². The first-order valence-electron chi connectivity index (χ1n) is 5.55. The number of benzene rings is 1. The summed E-state index contributed by atoms with van der Waals surface area (Å²) in [6.07, 6.45) is 1.72. The third kappa shape index (κ3) is 2.15. The minimum absolute atomic E-state index is 0.404. The van der Waals surface area contributed by atoms with Gasteiger partial charge in [0.2, 0.25) is 11.8 Å². The molecule has 0 saturated heterocycles. The molecule has 0 radical (unpaired) electrons. The largest absolute Gasteiger partial charge is 0.470 e. The summed E-state index contributed by atoms with van der Waals surface area (Å²) in [5, 5.41) is 0.404. The quantitative estimate of drug-likeness (QED) is 0.736. The van der Waals surface area contributed by atoms with E-state index in [1.165, 1.54) is 0 Å². The number of imidazole rings is 1. The molecule has 0 saturated carbocycles. The fourth-order valence-corrected chi connectivity index (χ4v) is 1.95. The second-order valence-corrected chi connectivity index (χ2v) is 4.27. The van der Waals surface area contributed by atoms with Crippen LogP contribution in [0.1, 0.15) is 5.56 Å². The number of fused-ring (bicyclic) bond motifs is 1. The summed E-state index contributed by atoms with van der Waals surface area (Å²) >= 11 is 5.94. The zero-order valence-corrected chi connectivity index (χ0v) is 10.2. The summed E-state index contributed by atoms with van der Waals surface area (Å²) in [5.41, 5.74) is 2.77. The Morgan fingerprint density at radius 2 is 2.11 bits per heavy atom. The molecule has 2 aromatic heterocycles. The smallest absolute Gasteiger partial charge is 0.268 e. The predicted octanol–water partition coefficient (Wildman–Crippen LogP) is 2.61. The summed E-state index contributed by atoms with van der Waals surface area (Å²) in [6.45, 7) is 0.461. The van der Waals surface area contributed by atoms with Gasteiger partial charge < -0.3 is 4.74 Å². The molecule has 0 aliphatic rings. The standard InChI is InChI=1S/C13H10ClN3O/c14-11-6-10-12(16-8-15-10)13(17-11)18-7-9-4-2-1-3-5-9/h1-6,8H,7H2,(H,15,16)/p+1. The Bertz CT molecular complexity index is 666. The molecule has 0 aliphatic heterocycles. The van der Waals surface area contributed by atoms with E-state index >= 15 is 0 Å². The lowest BCUT2D eigenvalue weighted by Gasteiger charge is -2.04. The molecule has 2 N–H and O–H groups in total. The predicted molar refractivity (Wildman–Crippen MR) is 68.4 cm³/mol. The number of aromatic nitrogens is 3. The van der Waals surface area contributed by atoms with Gasteiger partial charge in [0.25, 0.3) is 5.88 Å². The topological polar surface area (TPSA) is 52.0 Å². The van der Waals surface area contributed by atoms with Crippen LogP contribution in [-0.2, 0) is 6.61 Å². The average Bonchev–Trinajstić information content (AvgIpc) is 2.85. The Morgan fingerprint density at radius 1 is 1.28 bits per heavy atom. The average molecular weight is 261 g/mol. The van der Waals surface area contributed by atoms with Crippen molar-refractivity contribution in [2.24, 2.45) is 0 Å². The molecule has 0 unspecified atom stereocenters. The molecule has 5 heteroatoms. The molecule has 2 heterocycles. The second kappa shape index (κ2) is 4.66. The number of nitrogens with one attached hydrogen (secondary N) is 2. The number of aromatic amines is 2. The Balaban J connectivity index is 1.88. The van der Waals surface area contributed by atoms with Crippen LogP contribution in [0, 0.1) is 0 Å². The van der Waals surface area contributed by atoms with Crippen molar-refractivity contribution in [3.8, 4) is 5.88 Å². The number of H-pyrrole nitrogens is 2. The van der Waals surface area contributed by atoms with Crippen molar-refractivity contribution in [2.45, 2.75) is 6.61 Å². The highest BCUT2D eigenvalue weighted by molar-refractivity contribution is 6.30. The minimum atomic E-state index is 0.404. The van der Waals surface area contributed by atoms with Crippen LogP contribution in [0.25, 0.3) is 11.0 Å². The molecular formula is C13H11ClN3O+. The van der Waals surface area contributed by atoms with Gasteiger partial charge in [-0.2, -0.15) is 4.98 Å². The molecule has 0 amide bonds. The number of ether oxygens (including phenoxy) is 1. The monoisotopic (exact) mass is 260 g/mol. The van der Waals surface area contributed by atoms with Crippen molar-refractivity contribution in [3.05, 3.63) is 53.4 Å². The molecule has 0 atom stereocenters. The van der Waals surface area contributed by atoms with Crippen LogP contribution in [0.4, 0.5) is 0 Å².